The molecule has 2 fully saturated rings. The van der Waals surface area contributed by atoms with Gasteiger partial charge in [-0.15, -0.1) is 0 Å². The van der Waals surface area contributed by atoms with Crippen LogP contribution in [0.25, 0.3) is 0 Å². The van der Waals surface area contributed by atoms with Crippen molar-refractivity contribution in [2.24, 2.45) is 5.92 Å². The van der Waals surface area contributed by atoms with Gasteiger partial charge in [-0.3, -0.25) is 4.79 Å². The van der Waals surface area contributed by atoms with Crippen LogP contribution in [0, 0.1) is 5.92 Å². The van der Waals surface area contributed by atoms with Crippen molar-refractivity contribution >= 4 is 5.91 Å². The number of carbonyl (C=O) groups excluding carboxylic acids is 1. The number of nitrogens with zero attached hydrogens (tertiary/aromatic N) is 1. The van der Waals surface area contributed by atoms with Crippen molar-refractivity contribution in [3.05, 3.63) is 23.8 Å². The monoisotopic (exact) mass is 402 g/mol. The Balaban J connectivity index is 1.34. The average molecular weight is 403 g/mol. The molecule has 0 bridgehead atoms. The number of benzene rings is 1. The molecule has 1 aromatic rings. The van der Waals surface area contributed by atoms with Crippen LogP contribution in [0.2, 0.25) is 0 Å². The SMILES string of the molecule is O=C(CCC1CCOCC1)NC(Cc1ccc2c(c1)OCCO2)CN1CCCC1. The van der Waals surface area contributed by atoms with E-state index in [1.54, 1.807) is 0 Å². The van der Waals surface area contributed by atoms with Gasteiger partial charge in [0, 0.05) is 32.2 Å². The summed E-state index contributed by atoms with van der Waals surface area (Å²) in [4.78, 5) is 15.2. The first-order valence-electron chi connectivity index (χ1n) is 11.2. The zero-order valence-electron chi connectivity index (χ0n) is 17.4. The summed E-state index contributed by atoms with van der Waals surface area (Å²) >= 11 is 0. The second-order valence-electron chi connectivity index (χ2n) is 8.55. The molecule has 0 spiro atoms. The molecule has 160 valence electrons. The van der Waals surface area contributed by atoms with Crippen LogP contribution in [-0.4, -0.2) is 62.9 Å². The maximum absolute atomic E-state index is 12.7. The fourth-order valence-electron chi connectivity index (χ4n) is 4.61. The lowest BCUT2D eigenvalue weighted by atomic mass is 9.94. The summed E-state index contributed by atoms with van der Waals surface area (Å²) in [6, 6.07) is 6.28. The van der Waals surface area contributed by atoms with Crippen LogP contribution in [0.5, 0.6) is 11.5 Å². The Morgan fingerprint density at radius 2 is 1.83 bits per heavy atom. The highest BCUT2D eigenvalue weighted by atomic mass is 16.6. The summed E-state index contributed by atoms with van der Waals surface area (Å²) in [5, 5.41) is 3.33. The molecule has 4 rings (SSSR count). The van der Waals surface area contributed by atoms with Crippen LogP contribution in [0.3, 0.4) is 0 Å². The molecule has 0 radical (unpaired) electrons. The molecular formula is C23H34N2O4. The van der Waals surface area contributed by atoms with Gasteiger partial charge >= 0.3 is 0 Å². The van der Waals surface area contributed by atoms with Crippen molar-refractivity contribution in [2.75, 3.05) is 46.1 Å². The zero-order chi connectivity index (χ0) is 19.9. The van der Waals surface area contributed by atoms with Gasteiger partial charge in [0.05, 0.1) is 0 Å². The van der Waals surface area contributed by atoms with E-state index in [0.717, 1.165) is 70.0 Å². The number of fused-ring (bicyclic) bond motifs is 1. The fourth-order valence-corrected chi connectivity index (χ4v) is 4.61. The van der Waals surface area contributed by atoms with Gasteiger partial charge in [0.1, 0.15) is 13.2 Å². The maximum Gasteiger partial charge on any atom is 0.220 e. The normalized spacial score (nSPS) is 21.1. The minimum atomic E-state index is 0.123. The number of nitrogens with one attached hydrogen (secondary N) is 1. The summed E-state index contributed by atoms with van der Waals surface area (Å²) in [6.45, 7) is 6.06. The lowest BCUT2D eigenvalue weighted by molar-refractivity contribution is -0.122. The van der Waals surface area contributed by atoms with E-state index in [1.807, 2.05) is 6.07 Å². The van der Waals surface area contributed by atoms with Crippen molar-refractivity contribution in [1.29, 1.82) is 0 Å². The Labute approximate surface area is 173 Å². The summed E-state index contributed by atoms with van der Waals surface area (Å²) in [5.74, 6) is 2.44. The highest BCUT2D eigenvalue weighted by molar-refractivity contribution is 5.76. The first-order chi connectivity index (χ1) is 14.3. The molecule has 6 nitrogen and oxygen atoms in total. The Bertz CT molecular complexity index is 669. The van der Waals surface area contributed by atoms with Crippen LogP contribution in [-0.2, 0) is 16.0 Å². The van der Waals surface area contributed by atoms with Crippen LogP contribution >= 0.6 is 0 Å². The number of amides is 1. The lowest BCUT2D eigenvalue weighted by Gasteiger charge is -2.26. The first-order valence-corrected chi connectivity index (χ1v) is 11.2. The van der Waals surface area contributed by atoms with Crippen molar-refractivity contribution in [3.63, 3.8) is 0 Å². The first kappa shape index (κ1) is 20.5. The van der Waals surface area contributed by atoms with Gasteiger partial charge < -0.3 is 24.4 Å². The van der Waals surface area contributed by atoms with Crippen molar-refractivity contribution in [1.82, 2.24) is 10.2 Å². The van der Waals surface area contributed by atoms with Gasteiger partial charge in [-0.25, -0.2) is 0 Å². The molecule has 6 heteroatoms. The van der Waals surface area contributed by atoms with E-state index in [4.69, 9.17) is 14.2 Å². The van der Waals surface area contributed by atoms with Crippen LogP contribution in [0.4, 0.5) is 0 Å². The Morgan fingerprint density at radius 1 is 1.07 bits per heavy atom. The van der Waals surface area contributed by atoms with E-state index in [0.29, 0.717) is 25.6 Å². The van der Waals surface area contributed by atoms with E-state index in [9.17, 15) is 4.79 Å². The fraction of sp³-hybridized carbons (Fsp3) is 0.696. The second-order valence-corrected chi connectivity index (χ2v) is 8.55. The minimum Gasteiger partial charge on any atom is -0.486 e. The summed E-state index contributed by atoms with van der Waals surface area (Å²) in [6.07, 6.45) is 7.08. The second kappa shape index (κ2) is 10.3. The molecule has 3 aliphatic rings. The molecule has 0 aromatic heterocycles. The molecule has 0 aliphatic carbocycles. The molecule has 2 saturated heterocycles. The van der Waals surface area contributed by atoms with Gasteiger partial charge in [0.2, 0.25) is 5.91 Å². The Kier molecular flexibility index (Phi) is 7.28. The summed E-state index contributed by atoms with van der Waals surface area (Å²) in [5.41, 5.74) is 1.18. The van der Waals surface area contributed by atoms with Gasteiger partial charge in [-0.2, -0.15) is 0 Å². The van der Waals surface area contributed by atoms with Gasteiger partial charge in [0.25, 0.3) is 0 Å². The number of carbonyl (C=O) groups is 1. The number of likely N-dealkylation sites (tertiary alicyclic amines) is 1. The highest BCUT2D eigenvalue weighted by Gasteiger charge is 2.22. The van der Waals surface area contributed by atoms with Crippen LogP contribution in [0.1, 0.15) is 44.1 Å². The Hall–Kier alpha value is -1.79. The molecule has 1 N–H and O–H groups in total. The summed E-state index contributed by atoms with van der Waals surface area (Å²) < 4.78 is 16.8. The van der Waals surface area contributed by atoms with Crippen molar-refractivity contribution in [3.8, 4) is 11.5 Å². The zero-order valence-corrected chi connectivity index (χ0v) is 17.4. The third kappa shape index (κ3) is 6.09. The molecule has 3 heterocycles. The third-order valence-electron chi connectivity index (χ3n) is 6.25. The number of hydrogen-bond donors (Lipinski definition) is 1. The molecular weight excluding hydrogens is 368 g/mol. The predicted molar refractivity (Wildman–Crippen MR) is 112 cm³/mol. The third-order valence-corrected chi connectivity index (χ3v) is 6.25. The Morgan fingerprint density at radius 3 is 2.62 bits per heavy atom. The summed E-state index contributed by atoms with van der Waals surface area (Å²) in [7, 11) is 0. The molecule has 29 heavy (non-hydrogen) atoms. The van der Waals surface area contributed by atoms with E-state index >= 15 is 0 Å². The van der Waals surface area contributed by atoms with E-state index < -0.39 is 0 Å². The molecule has 3 aliphatic heterocycles. The standard InChI is InChI=1S/C23H34N2O4/c26-23(6-4-18-7-11-27-12-8-18)24-20(17-25-9-1-2-10-25)15-19-3-5-21-22(16-19)29-14-13-28-21/h3,5,16,18,20H,1-2,4,6-15,17H2,(H,24,26). The minimum absolute atomic E-state index is 0.123. The highest BCUT2D eigenvalue weighted by Crippen LogP contribution is 2.31. The van der Waals surface area contributed by atoms with E-state index in [-0.39, 0.29) is 11.9 Å². The van der Waals surface area contributed by atoms with Gasteiger partial charge in [-0.05, 0) is 75.2 Å². The van der Waals surface area contributed by atoms with Crippen LogP contribution in [0.15, 0.2) is 18.2 Å². The van der Waals surface area contributed by atoms with Crippen molar-refractivity contribution in [2.45, 2.75) is 51.0 Å². The molecule has 0 saturated carbocycles. The van der Waals surface area contributed by atoms with E-state index in [2.05, 4.69) is 22.3 Å². The smallest absolute Gasteiger partial charge is 0.220 e. The average Bonchev–Trinajstić information content (AvgIpc) is 3.26. The molecule has 1 unspecified atom stereocenters. The van der Waals surface area contributed by atoms with Crippen LogP contribution < -0.4 is 14.8 Å². The van der Waals surface area contributed by atoms with Gasteiger partial charge in [-0.1, -0.05) is 6.07 Å². The number of hydrogen-bond acceptors (Lipinski definition) is 5. The number of rotatable bonds is 8. The topological polar surface area (TPSA) is 60.0 Å². The molecule has 1 aromatic carbocycles. The predicted octanol–water partition coefficient (Wildman–Crippen LogP) is 2.79. The molecule has 1 amide bonds. The van der Waals surface area contributed by atoms with Crippen molar-refractivity contribution < 1.29 is 19.0 Å². The van der Waals surface area contributed by atoms with Gasteiger partial charge in [0.15, 0.2) is 11.5 Å². The maximum atomic E-state index is 12.7. The number of ether oxygens (including phenoxy) is 3. The van der Waals surface area contributed by atoms with E-state index in [1.165, 1.54) is 18.4 Å². The quantitative estimate of drug-likeness (QED) is 0.725. The lowest BCUT2D eigenvalue weighted by Crippen LogP contribution is -2.44. The largest absolute Gasteiger partial charge is 0.486 e. The molecule has 1 atom stereocenters.